The van der Waals surface area contributed by atoms with Crippen LogP contribution in [-0.4, -0.2) is 31.1 Å². The third kappa shape index (κ3) is 5.53. The fraction of sp³-hybridized carbons (Fsp3) is 1.00. The number of nitrogens with two attached hydrogens (primary N) is 1. The van der Waals surface area contributed by atoms with Gasteiger partial charge in [-0.3, -0.25) is 0 Å². The maximum atomic E-state index is 5.74. The van der Waals surface area contributed by atoms with Crippen LogP contribution >= 0.6 is 0 Å². The molecule has 1 atom stereocenters. The summed E-state index contributed by atoms with van der Waals surface area (Å²) in [5, 5.41) is 0. The zero-order chi connectivity index (χ0) is 12.3. The summed E-state index contributed by atoms with van der Waals surface area (Å²) >= 11 is 0. The molecular formula is C13H30N2. The molecule has 2 N–H and O–H groups in total. The van der Waals surface area contributed by atoms with Gasteiger partial charge in [-0.25, -0.2) is 0 Å². The lowest BCUT2D eigenvalue weighted by Crippen LogP contribution is -2.41. The van der Waals surface area contributed by atoms with Crippen LogP contribution in [0.15, 0.2) is 0 Å². The smallest absolute Gasteiger partial charge is 0.0112 e. The molecule has 0 saturated carbocycles. The van der Waals surface area contributed by atoms with Crippen LogP contribution in [-0.2, 0) is 0 Å². The van der Waals surface area contributed by atoms with Crippen molar-refractivity contribution in [2.45, 2.75) is 54.0 Å². The van der Waals surface area contributed by atoms with Gasteiger partial charge in [0, 0.05) is 6.04 Å². The first-order valence-corrected chi connectivity index (χ1v) is 6.00. The third-order valence-electron chi connectivity index (χ3n) is 3.61. The Labute approximate surface area is 96.2 Å². The predicted octanol–water partition coefficient (Wildman–Crippen LogP) is 2.73. The zero-order valence-corrected chi connectivity index (χ0v) is 11.7. The highest BCUT2D eigenvalue weighted by atomic mass is 15.1. The van der Waals surface area contributed by atoms with E-state index in [4.69, 9.17) is 5.73 Å². The number of hydrogen-bond donors (Lipinski definition) is 1. The van der Waals surface area contributed by atoms with Gasteiger partial charge in [0.15, 0.2) is 0 Å². The Morgan fingerprint density at radius 2 is 1.60 bits per heavy atom. The van der Waals surface area contributed by atoms with Crippen molar-refractivity contribution >= 4 is 0 Å². The Morgan fingerprint density at radius 3 is 1.93 bits per heavy atom. The van der Waals surface area contributed by atoms with E-state index in [-0.39, 0.29) is 5.41 Å². The van der Waals surface area contributed by atoms with E-state index < -0.39 is 0 Å². The largest absolute Gasteiger partial charge is 0.330 e. The average molecular weight is 214 g/mol. The van der Waals surface area contributed by atoms with Crippen molar-refractivity contribution in [1.82, 2.24) is 4.90 Å². The average Bonchev–Trinajstić information content (AvgIpc) is 2.11. The molecule has 0 fully saturated rings. The standard InChI is InChI=1S/C13H30N2/c1-11(12(2,3)4)15(7)9-8-13(5,6)10-14/h11H,8-10,14H2,1-7H3. The van der Waals surface area contributed by atoms with Crippen LogP contribution in [0.25, 0.3) is 0 Å². The summed E-state index contributed by atoms with van der Waals surface area (Å²) in [7, 11) is 2.21. The Balaban J connectivity index is 4.10. The summed E-state index contributed by atoms with van der Waals surface area (Å²) in [5.74, 6) is 0. The van der Waals surface area contributed by atoms with Crippen LogP contribution in [0.4, 0.5) is 0 Å². The van der Waals surface area contributed by atoms with Crippen molar-refractivity contribution in [3.63, 3.8) is 0 Å². The van der Waals surface area contributed by atoms with Crippen molar-refractivity contribution in [2.75, 3.05) is 20.1 Å². The van der Waals surface area contributed by atoms with E-state index in [0.29, 0.717) is 11.5 Å². The molecule has 0 spiro atoms. The molecule has 0 aromatic heterocycles. The molecular weight excluding hydrogens is 184 g/mol. The minimum absolute atomic E-state index is 0.270. The first-order chi connectivity index (χ1) is 6.60. The molecule has 0 rings (SSSR count). The molecule has 92 valence electrons. The molecule has 2 heteroatoms. The van der Waals surface area contributed by atoms with Gasteiger partial charge in [-0.1, -0.05) is 34.6 Å². The molecule has 15 heavy (non-hydrogen) atoms. The van der Waals surface area contributed by atoms with E-state index in [9.17, 15) is 0 Å². The fourth-order valence-electron chi connectivity index (χ4n) is 1.44. The molecule has 0 radical (unpaired) electrons. The molecule has 0 aromatic carbocycles. The van der Waals surface area contributed by atoms with Gasteiger partial charge in [0.25, 0.3) is 0 Å². The minimum Gasteiger partial charge on any atom is -0.330 e. The SMILES string of the molecule is CC(N(C)CCC(C)(C)CN)C(C)(C)C. The van der Waals surface area contributed by atoms with Crippen molar-refractivity contribution in [2.24, 2.45) is 16.6 Å². The predicted molar refractivity (Wildman–Crippen MR) is 69.0 cm³/mol. The third-order valence-corrected chi connectivity index (χ3v) is 3.61. The molecule has 0 aliphatic rings. The van der Waals surface area contributed by atoms with Crippen molar-refractivity contribution in [3.8, 4) is 0 Å². The quantitative estimate of drug-likeness (QED) is 0.762. The molecule has 0 aliphatic carbocycles. The first kappa shape index (κ1) is 14.9. The maximum Gasteiger partial charge on any atom is 0.0112 e. The van der Waals surface area contributed by atoms with Gasteiger partial charge in [-0.05, 0) is 44.3 Å². The van der Waals surface area contributed by atoms with Gasteiger partial charge in [-0.2, -0.15) is 0 Å². The van der Waals surface area contributed by atoms with E-state index in [2.05, 4.69) is 53.5 Å². The van der Waals surface area contributed by atoms with Crippen molar-refractivity contribution < 1.29 is 0 Å². The molecule has 2 nitrogen and oxygen atoms in total. The first-order valence-electron chi connectivity index (χ1n) is 6.00. The number of hydrogen-bond acceptors (Lipinski definition) is 2. The highest BCUT2D eigenvalue weighted by Crippen LogP contribution is 2.25. The van der Waals surface area contributed by atoms with Crippen LogP contribution in [0.5, 0.6) is 0 Å². The summed E-state index contributed by atoms with van der Waals surface area (Å²) in [6.07, 6.45) is 1.17. The minimum atomic E-state index is 0.270. The zero-order valence-electron chi connectivity index (χ0n) is 11.7. The van der Waals surface area contributed by atoms with Gasteiger partial charge in [0.1, 0.15) is 0 Å². The number of rotatable bonds is 5. The lowest BCUT2D eigenvalue weighted by atomic mass is 9.85. The lowest BCUT2D eigenvalue weighted by molar-refractivity contribution is 0.125. The molecule has 0 amide bonds. The van der Waals surface area contributed by atoms with E-state index in [1.165, 1.54) is 6.42 Å². The van der Waals surface area contributed by atoms with Gasteiger partial charge < -0.3 is 10.6 Å². The van der Waals surface area contributed by atoms with E-state index in [1.54, 1.807) is 0 Å². The Morgan fingerprint density at radius 1 is 1.13 bits per heavy atom. The van der Waals surface area contributed by atoms with E-state index >= 15 is 0 Å². The highest BCUT2D eigenvalue weighted by molar-refractivity contribution is 4.79. The van der Waals surface area contributed by atoms with Crippen LogP contribution in [0.3, 0.4) is 0 Å². The summed E-state index contributed by atoms with van der Waals surface area (Å²) < 4.78 is 0. The summed E-state index contributed by atoms with van der Waals surface area (Å²) in [5.41, 5.74) is 6.35. The van der Waals surface area contributed by atoms with Crippen LogP contribution in [0.2, 0.25) is 0 Å². The number of nitrogens with zero attached hydrogens (tertiary/aromatic N) is 1. The van der Waals surface area contributed by atoms with E-state index in [0.717, 1.165) is 13.1 Å². The normalized spacial score (nSPS) is 15.8. The lowest BCUT2D eigenvalue weighted by Gasteiger charge is -2.37. The Kier molecular flexibility index (Phi) is 5.28. The molecule has 0 aliphatic heterocycles. The van der Waals surface area contributed by atoms with E-state index in [1.807, 2.05) is 0 Å². The molecule has 0 bridgehead atoms. The second kappa shape index (κ2) is 5.31. The second-order valence-corrected chi connectivity index (χ2v) is 6.64. The monoisotopic (exact) mass is 214 g/mol. The maximum absolute atomic E-state index is 5.74. The summed E-state index contributed by atoms with van der Waals surface area (Å²) in [6, 6.07) is 0.603. The van der Waals surface area contributed by atoms with Gasteiger partial charge >= 0.3 is 0 Å². The van der Waals surface area contributed by atoms with Gasteiger partial charge in [-0.15, -0.1) is 0 Å². The van der Waals surface area contributed by atoms with Crippen molar-refractivity contribution in [3.05, 3.63) is 0 Å². The Bertz CT molecular complexity index is 179. The highest BCUT2D eigenvalue weighted by Gasteiger charge is 2.25. The molecule has 1 unspecified atom stereocenters. The van der Waals surface area contributed by atoms with Crippen LogP contribution in [0.1, 0.15) is 48.0 Å². The molecule has 0 saturated heterocycles. The Hall–Kier alpha value is -0.0800. The second-order valence-electron chi connectivity index (χ2n) is 6.64. The summed E-state index contributed by atoms with van der Waals surface area (Å²) in [6.45, 7) is 15.6. The molecule has 0 aromatic rings. The van der Waals surface area contributed by atoms with Gasteiger partial charge in [0.2, 0.25) is 0 Å². The van der Waals surface area contributed by atoms with Crippen molar-refractivity contribution in [1.29, 1.82) is 0 Å². The fourth-order valence-corrected chi connectivity index (χ4v) is 1.44. The van der Waals surface area contributed by atoms with Crippen LogP contribution < -0.4 is 5.73 Å². The summed E-state index contributed by atoms with van der Waals surface area (Å²) in [4.78, 5) is 2.44. The molecule has 0 heterocycles. The van der Waals surface area contributed by atoms with Crippen LogP contribution in [0, 0.1) is 10.8 Å². The van der Waals surface area contributed by atoms with Gasteiger partial charge in [0.05, 0.1) is 0 Å². The topological polar surface area (TPSA) is 29.3 Å².